The Labute approximate surface area is 130 Å². The molecule has 0 aliphatic rings. The van der Waals surface area contributed by atoms with Crippen molar-refractivity contribution in [3.05, 3.63) is 18.2 Å². The summed E-state index contributed by atoms with van der Waals surface area (Å²) in [5.74, 6) is 0.269. The van der Waals surface area contributed by atoms with Gasteiger partial charge in [0.1, 0.15) is 5.75 Å². The average Bonchev–Trinajstić information content (AvgIpc) is 2.45. The van der Waals surface area contributed by atoms with Crippen molar-refractivity contribution in [3.8, 4) is 5.75 Å². The highest BCUT2D eigenvalue weighted by atomic mass is 16.5. The molecule has 0 heterocycles. The van der Waals surface area contributed by atoms with Crippen LogP contribution >= 0.6 is 0 Å². The maximum absolute atomic E-state index is 11.8. The Kier molecular flexibility index (Phi) is 7.18. The molecule has 0 radical (unpaired) electrons. The van der Waals surface area contributed by atoms with Gasteiger partial charge in [-0.3, -0.25) is 9.59 Å². The molecule has 0 fully saturated rings. The highest BCUT2D eigenvalue weighted by molar-refractivity contribution is 5.90. The molecule has 7 heteroatoms. The molecule has 2 amide bonds. The summed E-state index contributed by atoms with van der Waals surface area (Å²) in [6.07, 6.45) is 0. The second kappa shape index (κ2) is 8.89. The van der Waals surface area contributed by atoms with E-state index in [1.807, 2.05) is 6.92 Å². The minimum Gasteiger partial charge on any atom is -0.495 e. The summed E-state index contributed by atoms with van der Waals surface area (Å²) in [6.45, 7) is 3.84. The number of anilines is 2. The third-order valence-electron chi connectivity index (χ3n) is 2.78. The molecular formula is C15H23N3O4. The van der Waals surface area contributed by atoms with Gasteiger partial charge in [0, 0.05) is 25.8 Å². The highest BCUT2D eigenvalue weighted by Gasteiger charge is 2.09. The van der Waals surface area contributed by atoms with E-state index in [9.17, 15) is 9.59 Å². The van der Waals surface area contributed by atoms with Crippen LogP contribution in [0, 0.1) is 0 Å². The van der Waals surface area contributed by atoms with Crippen LogP contribution in [0.5, 0.6) is 5.75 Å². The van der Waals surface area contributed by atoms with E-state index in [-0.39, 0.29) is 24.4 Å². The fraction of sp³-hybridized carbons (Fsp3) is 0.467. The number of nitrogens with one attached hydrogen (secondary N) is 3. The molecule has 3 N–H and O–H groups in total. The molecule has 0 aliphatic carbocycles. The Balaban J connectivity index is 2.66. The normalized spacial score (nSPS) is 11.5. The van der Waals surface area contributed by atoms with Crippen molar-refractivity contribution in [1.82, 2.24) is 5.32 Å². The van der Waals surface area contributed by atoms with E-state index in [2.05, 4.69) is 16.0 Å². The Hall–Kier alpha value is -2.28. The molecular weight excluding hydrogens is 286 g/mol. The fourth-order valence-electron chi connectivity index (χ4n) is 1.92. The molecule has 1 rings (SSSR count). The number of hydrogen-bond donors (Lipinski definition) is 3. The minimum absolute atomic E-state index is 0.0630. The molecule has 0 saturated carbocycles. The number of carbonyl (C=O) groups excluding carboxylic acids is 2. The van der Waals surface area contributed by atoms with Gasteiger partial charge in [0.25, 0.3) is 0 Å². The number of rotatable bonds is 8. The van der Waals surface area contributed by atoms with Gasteiger partial charge in [0.15, 0.2) is 0 Å². The van der Waals surface area contributed by atoms with Gasteiger partial charge in [0.2, 0.25) is 11.8 Å². The van der Waals surface area contributed by atoms with E-state index in [1.165, 1.54) is 6.92 Å². The molecule has 1 aromatic rings. The van der Waals surface area contributed by atoms with Crippen LogP contribution in [0.3, 0.4) is 0 Å². The number of hydrogen-bond acceptors (Lipinski definition) is 5. The molecule has 1 aromatic carbocycles. The maximum atomic E-state index is 11.8. The lowest BCUT2D eigenvalue weighted by atomic mass is 10.2. The number of benzene rings is 1. The first-order chi connectivity index (χ1) is 10.5. The lowest BCUT2D eigenvalue weighted by Gasteiger charge is -2.15. The molecule has 1 atom stereocenters. The second-order valence-corrected chi connectivity index (χ2v) is 4.87. The van der Waals surface area contributed by atoms with Gasteiger partial charge < -0.3 is 25.4 Å². The van der Waals surface area contributed by atoms with E-state index < -0.39 is 0 Å². The summed E-state index contributed by atoms with van der Waals surface area (Å²) in [6, 6.07) is 5.10. The first kappa shape index (κ1) is 17.8. The Morgan fingerprint density at radius 1 is 1.27 bits per heavy atom. The van der Waals surface area contributed by atoms with E-state index >= 15 is 0 Å². The van der Waals surface area contributed by atoms with Gasteiger partial charge in [-0.05, 0) is 25.1 Å². The highest BCUT2D eigenvalue weighted by Crippen LogP contribution is 2.27. The lowest BCUT2D eigenvalue weighted by Crippen LogP contribution is -2.39. The van der Waals surface area contributed by atoms with Gasteiger partial charge in [-0.2, -0.15) is 0 Å². The molecule has 22 heavy (non-hydrogen) atoms. The van der Waals surface area contributed by atoms with Crippen molar-refractivity contribution in [3.63, 3.8) is 0 Å². The van der Waals surface area contributed by atoms with Crippen molar-refractivity contribution in [2.45, 2.75) is 19.9 Å². The van der Waals surface area contributed by atoms with Crippen LogP contribution in [0.1, 0.15) is 13.8 Å². The third-order valence-corrected chi connectivity index (χ3v) is 2.78. The van der Waals surface area contributed by atoms with Crippen LogP contribution < -0.4 is 20.7 Å². The summed E-state index contributed by atoms with van der Waals surface area (Å²) >= 11 is 0. The Bertz CT molecular complexity index is 520. The number of amides is 2. The summed E-state index contributed by atoms with van der Waals surface area (Å²) in [7, 11) is 3.12. The summed E-state index contributed by atoms with van der Waals surface area (Å²) in [5.41, 5.74) is 1.26. The molecule has 1 unspecified atom stereocenters. The van der Waals surface area contributed by atoms with Gasteiger partial charge >= 0.3 is 0 Å². The molecule has 0 aromatic heterocycles. The maximum Gasteiger partial charge on any atom is 0.239 e. The third kappa shape index (κ3) is 6.01. The van der Waals surface area contributed by atoms with Gasteiger partial charge in [-0.1, -0.05) is 0 Å². The smallest absolute Gasteiger partial charge is 0.239 e. The standard InChI is InChI=1S/C15H23N3O4/c1-10(9-21-3)17-15(20)8-16-13-7-12(18-11(2)19)5-6-14(13)22-4/h5-7,10,16H,8-9H2,1-4H3,(H,17,20)(H,18,19). The predicted molar refractivity (Wildman–Crippen MR) is 85.3 cm³/mol. The van der Waals surface area contributed by atoms with E-state index in [0.717, 1.165) is 0 Å². The first-order valence-corrected chi connectivity index (χ1v) is 6.94. The number of carbonyl (C=O) groups is 2. The molecule has 0 bridgehead atoms. The SMILES string of the molecule is COCC(C)NC(=O)CNc1cc(NC(C)=O)ccc1OC. The molecule has 7 nitrogen and oxygen atoms in total. The molecule has 0 spiro atoms. The fourth-order valence-corrected chi connectivity index (χ4v) is 1.92. The van der Waals surface area contributed by atoms with Crippen LogP contribution in [0.25, 0.3) is 0 Å². The molecule has 0 aliphatic heterocycles. The zero-order chi connectivity index (χ0) is 16.5. The van der Waals surface area contributed by atoms with Crippen molar-refractivity contribution in [2.24, 2.45) is 0 Å². The zero-order valence-electron chi connectivity index (χ0n) is 13.4. The van der Waals surface area contributed by atoms with Crippen LogP contribution in [-0.4, -0.2) is 45.2 Å². The van der Waals surface area contributed by atoms with Gasteiger partial charge in [-0.25, -0.2) is 0 Å². The summed E-state index contributed by atoms with van der Waals surface area (Å²) in [5, 5.41) is 8.48. The number of methoxy groups -OCH3 is 2. The molecule has 0 saturated heterocycles. The lowest BCUT2D eigenvalue weighted by molar-refractivity contribution is -0.120. The summed E-state index contributed by atoms with van der Waals surface area (Å²) < 4.78 is 10.2. The monoisotopic (exact) mass is 309 g/mol. The van der Waals surface area contributed by atoms with Crippen LogP contribution in [-0.2, 0) is 14.3 Å². The van der Waals surface area contributed by atoms with Crippen molar-refractivity contribution in [1.29, 1.82) is 0 Å². The van der Waals surface area contributed by atoms with E-state index in [4.69, 9.17) is 9.47 Å². The minimum atomic E-state index is -0.165. The van der Waals surface area contributed by atoms with Crippen molar-refractivity contribution in [2.75, 3.05) is 38.0 Å². The van der Waals surface area contributed by atoms with Crippen LogP contribution in [0.15, 0.2) is 18.2 Å². The van der Waals surface area contributed by atoms with E-state index in [1.54, 1.807) is 32.4 Å². The summed E-state index contributed by atoms with van der Waals surface area (Å²) in [4.78, 5) is 22.9. The van der Waals surface area contributed by atoms with Gasteiger partial charge in [0.05, 0.1) is 25.9 Å². The Morgan fingerprint density at radius 3 is 2.59 bits per heavy atom. The van der Waals surface area contributed by atoms with Crippen LogP contribution in [0.2, 0.25) is 0 Å². The zero-order valence-corrected chi connectivity index (χ0v) is 13.4. The first-order valence-electron chi connectivity index (χ1n) is 6.94. The number of ether oxygens (including phenoxy) is 2. The van der Waals surface area contributed by atoms with E-state index in [0.29, 0.717) is 23.7 Å². The largest absolute Gasteiger partial charge is 0.495 e. The Morgan fingerprint density at radius 2 is 2.00 bits per heavy atom. The van der Waals surface area contributed by atoms with Crippen LogP contribution in [0.4, 0.5) is 11.4 Å². The predicted octanol–water partition coefficient (Wildman–Crippen LogP) is 1.22. The quantitative estimate of drug-likeness (QED) is 0.672. The average molecular weight is 309 g/mol. The van der Waals surface area contributed by atoms with Crippen molar-refractivity contribution >= 4 is 23.2 Å². The van der Waals surface area contributed by atoms with Gasteiger partial charge in [-0.15, -0.1) is 0 Å². The second-order valence-electron chi connectivity index (χ2n) is 4.87. The topological polar surface area (TPSA) is 88.7 Å². The van der Waals surface area contributed by atoms with Crippen molar-refractivity contribution < 1.29 is 19.1 Å². The molecule has 122 valence electrons.